The van der Waals surface area contributed by atoms with Crippen LogP contribution in [0, 0.1) is 0 Å². The second-order valence-electron chi connectivity index (χ2n) is 5.20. The van der Waals surface area contributed by atoms with Gasteiger partial charge in [0.25, 0.3) is 0 Å². The van der Waals surface area contributed by atoms with Crippen molar-refractivity contribution in [2.24, 2.45) is 0 Å². The van der Waals surface area contributed by atoms with Crippen LogP contribution in [0.3, 0.4) is 0 Å². The van der Waals surface area contributed by atoms with E-state index in [1.807, 2.05) is 5.38 Å². The quantitative estimate of drug-likeness (QED) is 0.914. The first-order chi connectivity index (χ1) is 8.72. The summed E-state index contributed by atoms with van der Waals surface area (Å²) in [5.74, 6) is -0.253. The Bertz CT molecular complexity index is 447. The molecular weight excluding hydrogens is 250 g/mol. The van der Waals surface area contributed by atoms with Crippen LogP contribution < -0.4 is 0 Å². The Labute approximate surface area is 110 Å². The zero-order valence-electron chi connectivity index (χ0n) is 10.2. The predicted octanol–water partition coefficient (Wildman–Crippen LogP) is 2.54. The van der Waals surface area contributed by atoms with Gasteiger partial charge in [0.05, 0.1) is 5.69 Å². The normalized spacial score (nSPS) is 23.6. The molecule has 0 amide bonds. The molecule has 4 nitrogen and oxygen atoms in total. The lowest BCUT2D eigenvalue weighted by molar-refractivity contribution is -0.147. The third kappa shape index (κ3) is 1.86. The number of carbonyl (C=O) groups is 1. The Kier molecular flexibility index (Phi) is 3.11. The van der Waals surface area contributed by atoms with Crippen molar-refractivity contribution in [1.82, 2.24) is 4.98 Å². The average molecular weight is 267 g/mol. The molecule has 0 bridgehead atoms. The summed E-state index contributed by atoms with van der Waals surface area (Å²) >= 11 is 1.52. The highest BCUT2D eigenvalue weighted by molar-refractivity contribution is 7.10. The molecule has 1 saturated heterocycles. The summed E-state index contributed by atoms with van der Waals surface area (Å²) < 4.78 is 5.35. The average Bonchev–Trinajstić information content (AvgIpc) is 2.78. The molecule has 3 rings (SSSR count). The number of aromatic nitrogens is 1. The lowest BCUT2D eigenvalue weighted by Crippen LogP contribution is -2.42. The molecule has 1 aromatic rings. The molecule has 1 N–H and O–H groups in total. The van der Waals surface area contributed by atoms with E-state index in [9.17, 15) is 9.90 Å². The van der Waals surface area contributed by atoms with Gasteiger partial charge in [-0.3, -0.25) is 4.79 Å². The minimum absolute atomic E-state index is 0.453. The highest BCUT2D eigenvalue weighted by Crippen LogP contribution is 2.45. The summed E-state index contributed by atoms with van der Waals surface area (Å²) in [6.45, 7) is 1.59. The summed E-state index contributed by atoms with van der Waals surface area (Å²) in [5.41, 5.74) is 0.402. The Balaban J connectivity index is 1.82. The Morgan fingerprint density at radius 2 is 2.17 bits per heavy atom. The van der Waals surface area contributed by atoms with E-state index >= 15 is 0 Å². The molecule has 0 aromatic carbocycles. The summed E-state index contributed by atoms with van der Waals surface area (Å²) in [7, 11) is 0. The molecule has 2 aliphatic rings. The second-order valence-corrected chi connectivity index (χ2v) is 6.06. The molecule has 1 aliphatic heterocycles. The van der Waals surface area contributed by atoms with E-state index in [1.165, 1.54) is 11.3 Å². The minimum Gasteiger partial charge on any atom is -0.481 e. The van der Waals surface area contributed by atoms with E-state index < -0.39 is 11.4 Å². The van der Waals surface area contributed by atoms with Gasteiger partial charge in [0.15, 0.2) is 0 Å². The topological polar surface area (TPSA) is 59.4 Å². The molecule has 2 heterocycles. The van der Waals surface area contributed by atoms with Crippen molar-refractivity contribution in [1.29, 1.82) is 0 Å². The maximum absolute atomic E-state index is 11.4. The molecule has 1 aliphatic carbocycles. The molecule has 0 radical (unpaired) electrons. The molecule has 0 spiro atoms. The van der Waals surface area contributed by atoms with Crippen molar-refractivity contribution < 1.29 is 14.6 Å². The fourth-order valence-corrected chi connectivity index (χ4v) is 3.89. The van der Waals surface area contributed by atoms with Crippen molar-refractivity contribution in [3.63, 3.8) is 0 Å². The van der Waals surface area contributed by atoms with Gasteiger partial charge in [-0.15, -0.1) is 11.3 Å². The number of ether oxygens (including phenoxy) is 1. The standard InChI is InChI=1S/C13H17NO3S/c15-12(16)13(4-1-5-13)11-14-10(8-18-11)9-2-6-17-7-3-9/h8-9H,1-7H2,(H,15,16). The highest BCUT2D eigenvalue weighted by atomic mass is 32.1. The largest absolute Gasteiger partial charge is 0.481 e. The van der Waals surface area contributed by atoms with Crippen LogP contribution in [0.4, 0.5) is 0 Å². The van der Waals surface area contributed by atoms with Gasteiger partial charge in [0.1, 0.15) is 10.4 Å². The van der Waals surface area contributed by atoms with E-state index in [0.29, 0.717) is 5.92 Å². The Morgan fingerprint density at radius 1 is 1.44 bits per heavy atom. The van der Waals surface area contributed by atoms with Gasteiger partial charge in [0, 0.05) is 24.5 Å². The van der Waals surface area contributed by atoms with Crippen molar-refractivity contribution >= 4 is 17.3 Å². The number of hydrogen-bond acceptors (Lipinski definition) is 4. The lowest BCUT2D eigenvalue weighted by atomic mass is 9.69. The molecule has 1 saturated carbocycles. The third-order valence-corrected chi connectivity index (χ3v) is 5.25. The monoisotopic (exact) mass is 267 g/mol. The fraction of sp³-hybridized carbons (Fsp3) is 0.692. The van der Waals surface area contributed by atoms with Crippen LogP contribution in [-0.4, -0.2) is 29.3 Å². The van der Waals surface area contributed by atoms with Crippen LogP contribution >= 0.6 is 11.3 Å². The first-order valence-electron chi connectivity index (χ1n) is 6.49. The molecular formula is C13H17NO3S. The minimum atomic E-state index is -0.707. The highest BCUT2D eigenvalue weighted by Gasteiger charge is 2.48. The molecule has 5 heteroatoms. The summed E-state index contributed by atoms with van der Waals surface area (Å²) in [4.78, 5) is 16.1. The van der Waals surface area contributed by atoms with Gasteiger partial charge in [-0.25, -0.2) is 4.98 Å². The van der Waals surface area contributed by atoms with E-state index in [4.69, 9.17) is 4.74 Å². The zero-order chi connectivity index (χ0) is 12.6. The van der Waals surface area contributed by atoms with Gasteiger partial charge >= 0.3 is 5.97 Å². The number of carboxylic acid groups (broad SMARTS) is 1. The van der Waals surface area contributed by atoms with Crippen LogP contribution in [0.5, 0.6) is 0 Å². The van der Waals surface area contributed by atoms with Crippen molar-refractivity contribution in [3.05, 3.63) is 16.1 Å². The maximum atomic E-state index is 11.4. The van der Waals surface area contributed by atoms with Crippen LogP contribution in [0.1, 0.15) is 48.7 Å². The smallest absolute Gasteiger partial charge is 0.316 e. The molecule has 2 fully saturated rings. The van der Waals surface area contributed by atoms with E-state index in [2.05, 4.69) is 4.98 Å². The van der Waals surface area contributed by atoms with Crippen molar-refractivity contribution in [3.8, 4) is 0 Å². The van der Waals surface area contributed by atoms with Crippen LogP contribution in [-0.2, 0) is 14.9 Å². The van der Waals surface area contributed by atoms with Crippen molar-refractivity contribution in [2.75, 3.05) is 13.2 Å². The number of rotatable bonds is 3. The molecule has 1 aromatic heterocycles. The molecule has 0 unspecified atom stereocenters. The lowest BCUT2D eigenvalue weighted by Gasteiger charge is -2.35. The van der Waals surface area contributed by atoms with Gasteiger partial charge in [0.2, 0.25) is 0 Å². The van der Waals surface area contributed by atoms with Crippen LogP contribution in [0.15, 0.2) is 5.38 Å². The van der Waals surface area contributed by atoms with E-state index in [1.54, 1.807) is 0 Å². The number of carboxylic acids is 1. The van der Waals surface area contributed by atoms with E-state index in [-0.39, 0.29) is 0 Å². The Morgan fingerprint density at radius 3 is 2.72 bits per heavy atom. The first-order valence-corrected chi connectivity index (χ1v) is 7.37. The number of nitrogens with zero attached hydrogens (tertiary/aromatic N) is 1. The van der Waals surface area contributed by atoms with Crippen LogP contribution in [0.25, 0.3) is 0 Å². The van der Waals surface area contributed by atoms with Gasteiger partial charge < -0.3 is 9.84 Å². The van der Waals surface area contributed by atoms with Gasteiger partial charge in [-0.05, 0) is 25.7 Å². The third-order valence-electron chi connectivity index (χ3n) is 4.19. The Hall–Kier alpha value is -0.940. The molecule has 98 valence electrons. The number of hydrogen-bond donors (Lipinski definition) is 1. The zero-order valence-corrected chi connectivity index (χ0v) is 11.0. The summed E-state index contributed by atoms with van der Waals surface area (Å²) in [5, 5.41) is 12.3. The van der Waals surface area contributed by atoms with Gasteiger partial charge in [-0.1, -0.05) is 6.42 Å². The summed E-state index contributed by atoms with van der Waals surface area (Å²) in [6.07, 6.45) is 4.48. The van der Waals surface area contributed by atoms with Gasteiger partial charge in [-0.2, -0.15) is 0 Å². The SMILES string of the molecule is O=C(O)C1(c2nc(C3CCOCC3)cs2)CCC1. The first kappa shape index (κ1) is 12.1. The number of aliphatic carboxylic acids is 1. The predicted molar refractivity (Wildman–Crippen MR) is 68.1 cm³/mol. The van der Waals surface area contributed by atoms with Crippen molar-refractivity contribution in [2.45, 2.75) is 43.4 Å². The molecule has 0 atom stereocenters. The summed E-state index contributed by atoms with van der Waals surface area (Å²) in [6, 6.07) is 0. The van der Waals surface area contributed by atoms with E-state index in [0.717, 1.165) is 56.0 Å². The number of thiazole rings is 1. The maximum Gasteiger partial charge on any atom is 0.316 e. The molecule has 18 heavy (non-hydrogen) atoms. The second kappa shape index (κ2) is 4.63. The fourth-order valence-electron chi connectivity index (χ4n) is 2.74. The van der Waals surface area contributed by atoms with Crippen LogP contribution in [0.2, 0.25) is 0 Å².